The van der Waals surface area contributed by atoms with Gasteiger partial charge in [0.15, 0.2) is 5.96 Å². The van der Waals surface area contributed by atoms with E-state index in [1.54, 1.807) is 6.07 Å². The molecule has 0 bridgehead atoms. The number of nitrogens with zero attached hydrogens (tertiary/aromatic N) is 1. The van der Waals surface area contributed by atoms with Crippen LogP contribution in [-0.4, -0.2) is 24.8 Å². The molecule has 0 aliphatic carbocycles. The minimum absolute atomic E-state index is 0. The third-order valence-corrected chi connectivity index (χ3v) is 3.64. The molecule has 4 N–H and O–H groups in total. The van der Waals surface area contributed by atoms with Crippen molar-refractivity contribution in [3.8, 4) is 5.75 Å². The summed E-state index contributed by atoms with van der Waals surface area (Å²) in [5.41, 5.74) is 8.15. The zero-order valence-electron chi connectivity index (χ0n) is 15.6. The summed E-state index contributed by atoms with van der Waals surface area (Å²) < 4.78 is 40.2. The molecule has 0 heterocycles. The van der Waals surface area contributed by atoms with E-state index in [1.807, 2.05) is 25.1 Å². The van der Waals surface area contributed by atoms with Crippen molar-refractivity contribution >= 4 is 41.5 Å². The zero-order chi connectivity index (χ0) is 20.6. The van der Waals surface area contributed by atoms with E-state index in [9.17, 15) is 18.0 Å². The standard InChI is InChI=1S/C19H21F3N4O2.HI/c1-2-13-4-3-5-15(10-13)26-17(27)12-25-18(23)24-11-14-6-8-16(9-7-14)28-19(20,21)22;/h3-10H,2,11-12H2,1H3,(H,26,27)(H3,23,24,25);1H. The Morgan fingerprint density at radius 2 is 1.83 bits per heavy atom. The van der Waals surface area contributed by atoms with E-state index in [0.717, 1.165) is 12.0 Å². The minimum atomic E-state index is -4.73. The van der Waals surface area contributed by atoms with Gasteiger partial charge < -0.3 is 21.1 Å². The minimum Gasteiger partial charge on any atom is -0.406 e. The van der Waals surface area contributed by atoms with E-state index in [-0.39, 0.29) is 54.7 Å². The van der Waals surface area contributed by atoms with Gasteiger partial charge in [0.25, 0.3) is 0 Å². The molecule has 0 atom stereocenters. The highest BCUT2D eigenvalue weighted by atomic mass is 127. The van der Waals surface area contributed by atoms with Crippen LogP contribution in [0, 0.1) is 0 Å². The molecule has 10 heteroatoms. The first-order chi connectivity index (χ1) is 13.2. The van der Waals surface area contributed by atoms with Gasteiger partial charge in [0, 0.05) is 5.69 Å². The van der Waals surface area contributed by atoms with Crippen LogP contribution in [0.1, 0.15) is 18.1 Å². The van der Waals surface area contributed by atoms with Crippen LogP contribution >= 0.6 is 24.0 Å². The lowest BCUT2D eigenvalue weighted by atomic mass is 10.1. The number of rotatable bonds is 7. The van der Waals surface area contributed by atoms with Crippen molar-refractivity contribution in [3.05, 3.63) is 59.7 Å². The van der Waals surface area contributed by atoms with Gasteiger partial charge in [-0.3, -0.25) is 4.79 Å². The van der Waals surface area contributed by atoms with E-state index in [0.29, 0.717) is 11.3 Å². The predicted octanol–water partition coefficient (Wildman–Crippen LogP) is 3.81. The first-order valence-corrected chi connectivity index (χ1v) is 8.52. The highest BCUT2D eigenvalue weighted by molar-refractivity contribution is 14.0. The zero-order valence-corrected chi connectivity index (χ0v) is 18.0. The number of ether oxygens (including phenoxy) is 1. The predicted molar refractivity (Wildman–Crippen MR) is 116 cm³/mol. The summed E-state index contributed by atoms with van der Waals surface area (Å²) in [7, 11) is 0. The molecule has 2 rings (SSSR count). The topological polar surface area (TPSA) is 88.7 Å². The van der Waals surface area contributed by atoms with Gasteiger partial charge in [0.05, 0.1) is 13.1 Å². The summed E-state index contributed by atoms with van der Waals surface area (Å²) >= 11 is 0. The van der Waals surface area contributed by atoms with Gasteiger partial charge in [-0.25, -0.2) is 4.99 Å². The normalized spacial score (nSPS) is 11.4. The number of nitrogens with two attached hydrogens (primary N) is 1. The van der Waals surface area contributed by atoms with Crippen molar-refractivity contribution < 1.29 is 22.7 Å². The van der Waals surface area contributed by atoms with Crippen LogP contribution in [0.15, 0.2) is 53.5 Å². The number of hydrogen-bond donors (Lipinski definition) is 3. The number of anilines is 1. The number of aryl methyl sites for hydroxylation is 1. The number of halogens is 4. The number of hydrogen-bond acceptors (Lipinski definition) is 3. The summed E-state index contributed by atoms with van der Waals surface area (Å²) in [6.45, 7) is 2.10. The molecular formula is C19H22F3IN4O2. The van der Waals surface area contributed by atoms with E-state index in [1.165, 1.54) is 24.3 Å². The summed E-state index contributed by atoms with van der Waals surface area (Å²) in [5, 5.41) is 5.44. The number of amides is 1. The maximum atomic E-state index is 12.1. The van der Waals surface area contributed by atoms with Crippen LogP contribution in [-0.2, 0) is 17.8 Å². The summed E-state index contributed by atoms with van der Waals surface area (Å²) in [6, 6.07) is 12.8. The molecule has 2 aromatic carbocycles. The van der Waals surface area contributed by atoms with Crippen LogP contribution in [0.4, 0.5) is 18.9 Å². The van der Waals surface area contributed by atoms with E-state index >= 15 is 0 Å². The number of aliphatic imine (C=N–C) groups is 1. The Kier molecular flexibility index (Phi) is 9.72. The lowest BCUT2D eigenvalue weighted by Gasteiger charge is -2.09. The average Bonchev–Trinajstić information content (AvgIpc) is 2.64. The Morgan fingerprint density at radius 1 is 1.14 bits per heavy atom. The Bertz CT molecular complexity index is 827. The molecule has 0 aliphatic heterocycles. The number of carbonyl (C=O) groups is 1. The largest absolute Gasteiger partial charge is 0.573 e. The van der Waals surface area contributed by atoms with Gasteiger partial charge in [-0.15, -0.1) is 37.1 Å². The van der Waals surface area contributed by atoms with Gasteiger partial charge in [-0.1, -0.05) is 31.2 Å². The van der Waals surface area contributed by atoms with E-state index < -0.39 is 6.36 Å². The molecule has 0 spiro atoms. The number of nitrogens with one attached hydrogen (secondary N) is 2. The molecule has 0 saturated heterocycles. The number of carbonyl (C=O) groups excluding carboxylic acids is 1. The van der Waals surface area contributed by atoms with Crippen LogP contribution in [0.5, 0.6) is 5.75 Å². The second kappa shape index (κ2) is 11.5. The molecule has 0 radical (unpaired) electrons. The van der Waals surface area contributed by atoms with Crippen LogP contribution < -0.4 is 21.1 Å². The maximum absolute atomic E-state index is 12.1. The fourth-order valence-electron chi connectivity index (χ4n) is 2.27. The summed E-state index contributed by atoms with van der Waals surface area (Å²) in [5.74, 6) is -0.539. The highest BCUT2D eigenvalue weighted by Crippen LogP contribution is 2.22. The molecule has 0 aromatic heterocycles. The van der Waals surface area contributed by atoms with Crippen molar-refractivity contribution in [3.63, 3.8) is 0 Å². The van der Waals surface area contributed by atoms with Gasteiger partial charge in [-0.05, 0) is 41.8 Å². The second-order valence-corrected chi connectivity index (χ2v) is 5.85. The monoisotopic (exact) mass is 522 g/mol. The third kappa shape index (κ3) is 9.50. The van der Waals surface area contributed by atoms with Crippen LogP contribution in [0.3, 0.4) is 0 Å². The molecule has 1 amide bonds. The van der Waals surface area contributed by atoms with E-state index in [4.69, 9.17) is 5.73 Å². The van der Waals surface area contributed by atoms with Gasteiger partial charge in [-0.2, -0.15) is 0 Å². The van der Waals surface area contributed by atoms with Crippen LogP contribution in [0.2, 0.25) is 0 Å². The molecule has 158 valence electrons. The molecule has 0 aliphatic rings. The first kappa shape index (κ1) is 24.5. The quantitative estimate of drug-likeness (QED) is 0.293. The molecular weight excluding hydrogens is 500 g/mol. The van der Waals surface area contributed by atoms with Gasteiger partial charge in [0.1, 0.15) is 5.75 Å². The summed E-state index contributed by atoms with van der Waals surface area (Å²) in [4.78, 5) is 16.0. The van der Waals surface area contributed by atoms with Crippen molar-refractivity contribution in [1.29, 1.82) is 0 Å². The SMILES string of the molecule is CCc1cccc(NC(=O)CNC(N)=NCc2ccc(OC(F)(F)F)cc2)c1.I. The van der Waals surface area contributed by atoms with Crippen molar-refractivity contribution in [1.82, 2.24) is 5.32 Å². The van der Waals surface area contributed by atoms with Crippen molar-refractivity contribution in [2.75, 3.05) is 11.9 Å². The second-order valence-electron chi connectivity index (χ2n) is 5.85. The van der Waals surface area contributed by atoms with Crippen molar-refractivity contribution in [2.24, 2.45) is 10.7 Å². The fourth-order valence-corrected chi connectivity index (χ4v) is 2.27. The smallest absolute Gasteiger partial charge is 0.406 e. The Hall–Kier alpha value is -2.50. The average molecular weight is 522 g/mol. The lowest BCUT2D eigenvalue weighted by molar-refractivity contribution is -0.274. The van der Waals surface area contributed by atoms with Gasteiger partial charge in [0.2, 0.25) is 5.91 Å². The molecule has 2 aromatic rings. The number of guanidine groups is 1. The number of benzene rings is 2. The molecule has 6 nitrogen and oxygen atoms in total. The highest BCUT2D eigenvalue weighted by Gasteiger charge is 2.30. The molecule has 0 fully saturated rings. The first-order valence-electron chi connectivity index (χ1n) is 8.52. The third-order valence-electron chi connectivity index (χ3n) is 3.64. The molecule has 29 heavy (non-hydrogen) atoms. The number of alkyl halides is 3. The Morgan fingerprint density at radius 3 is 2.45 bits per heavy atom. The fraction of sp³-hybridized carbons (Fsp3) is 0.263. The molecule has 0 saturated carbocycles. The maximum Gasteiger partial charge on any atom is 0.573 e. The van der Waals surface area contributed by atoms with E-state index in [2.05, 4.69) is 20.4 Å². The van der Waals surface area contributed by atoms with Crippen LogP contribution in [0.25, 0.3) is 0 Å². The molecule has 0 unspecified atom stereocenters. The lowest BCUT2D eigenvalue weighted by Crippen LogP contribution is -2.37. The summed E-state index contributed by atoms with van der Waals surface area (Å²) in [6.07, 6.45) is -3.86. The van der Waals surface area contributed by atoms with Crippen molar-refractivity contribution in [2.45, 2.75) is 26.3 Å². The Balaban J connectivity index is 0.00000420. The van der Waals surface area contributed by atoms with Gasteiger partial charge >= 0.3 is 6.36 Å². The Labute approximate surface area is 183 Å².